The molecular weight excluding hydrogens is 507 g/mol. The molecule has 0 bridgehead atoms. The van der Waals surface area contributed by atoms with Crippen molar-refractivity contribution in [3.8, 4) is 0 Å². The van der Waals surface area contributed by atoms with Gasteiger partial charge in [-0.3, -0.25) is 14.4 Å². The molecular formula is C28H23FN4O4S. The normalized spacial score (nSPS) is 11.1. The Morgan fingerprint density at radius 3 is 2.32 bits per heavy atom. The zero-order valence-electron chi connectivity index (χ0n) is 20.2. The minimum atomic E-state index is -0.554. The molecule has 0 spiro atoms. The molecule has 0 saturated carbocycles. The van der Waals surface area contributed by atoms with Gasteiger partial charge in [0, 0.05) is 22.2 Å². The maximum absolute atomic E-state index is 13.3. The Bertz CT molecular complexity index is 1450. The number of hydrogen-bond acceptors (Lipinski definition) is 6. The fourth-order valence-electron chi connectivity index (χ4n) is 3.25. The third-order valence-corrected chi connectivity index (χ3v) is 6.10. The molecule has 3 N–H and O–H groups in total. The first-order valence-corrected chi connectivity index (χ1v) is 12.5. The summed E-state index contributed by atoms with van der Waals surface area (Å²) in [7, 11) is 0. The lowest BCUT2D eigenvalue weighted by Gasteiger charge is -2.12. The Morgan fingerprint density at radius 2 is 1.66 bits per heavy atom. The molecule has 3 amide bonds. The summed E-state index contributed by atoms with van der Waals surface area (Å²) in [6.45, 7) is 1.73. The number of anilines is 2. The molecule has 0 atom stereocenters. The molecule has 4 aromatic rings. The number of rotatable bonds is 9. The smallest absolute Gasteiger partial charge is 0.272 e. The molecule has 0 aliphatic heterocycles. The Kier molecular flexibility index (Phi) is 8.68. The van der Waals surface area contributed by atoms with Gasteiger partial charge in [0.2, 0.25) is 5.91 Å². The molecule has 8 nitrogen and oxygen atoms in total. The van der Waals surface area contributed by atoms with Gasteiger partial charge >= 0.3 is 0 Å². The van der Waals surface area contributed by atoms with E-state index in [2.05, 4.69) is 21.1 Å². The van der Waals surface area contributed by atoms with Crippen molar-refractivity contribution in [2.75, 3.05) is 16.4 Å². The van der Waals surface area contributed by atoms with Gasteiger partial charge in [0.15, 0.2) is 5.82 Å². The molecule has 0 aliphatic carbocycles. The van der Waals surface area contributed by atoms with Crippen LogP contribution in [0.2, 0.25) is 0 Å². The maximum Gasteiger partial charge on any atom is 0.272 e. The molecule has 0 radical (unpaired) electrons. The molecule has 1 heterocycles. The van der Waals surface area contributed by atoms with Crippen molar-refractivity contribution in [1.29, 1.82) is 0 Å². The van der Waals surface area contributed by atoms with E-state index < -0.39 is 17.6 Å². The van der Waals surface area contributed by atoms with E-state index in [1.165, 1.54) is 42.1 Å². The summed E-state index contributed by atoms with van der Waals surface area (Å²) in [4.78, 5) is 38.7. The summed E-state index contributed by atoms with van der Waals surface area (Å²) in [5.41, 5.74) is 1.40. The van der Waals surface area contributed by atoms with Crippen LogP contribution < -0.4 is 16.0 Å². The fourth-order valence-corrected chi connectivity index (χ4v) is 3.95. The number of aromatic nitrogens is 1. The Hall–Kier alpha value is -4.70. The van der Waals surface area contributed by atoms with Crippen molar-refractivity contribution in [2.45, 2.75) is 11.8 Å². The van der Waals surface area contributed by atoms with Gasteiger partial charge in [-0.25, -0.2) is 4.39 Å². The molecule has 0 saturated heterocycles. The number of carbonyl (C=O) groups excluding carboxylic acids is 3. The lowest BCUT2D eigenvalue weighted by atomic mass is 10.1. The summed E-state index contributed by atoms with van der Waals surface area (Å²) in [5.74, 6) is -0.541. The van der Waals surface area contributed by atoms with Gasteiger partial charge < -0.3 is 20.5 Å². The van der Waals surface area contributed by atoms with Crippen molar-refractivity contribution >= 4 is 47.1 Å². The molecule has 3 aromatic carbocycles. The third-order valence-electron chi connectivity index (χ3n) is 5.09. The van der Waals surface area contributed by atoms with Crippen LogP contribution in [0, 0.1) is 12.7 Å². The highest BCUT2D eigenvalue weighted by Gasteiger charge is 2.15. The van der Waals surface area contributed by atoms with Gasteiger partial charge in [0.1, 0.15) is 17.3 Å². The van der Waals surface area contributed by atoms with Gasteiger partial charge in [-0.1, -0.05) is 35.5 Å². The standard InChI is InChI=1S/C28H23FN4O4S/c1-18-15-25(33-37-18)32-26(34)17-38-23-13-11-22(12-14-23)30-28(36)24(16-19-7-9-21(29)10-8-19)31-27(35)20-5-3-2-4-6-20/h2-16H,17H2,1H3,(H,30,36)(H,31,35)(H,32,33,34)/b24-16-. The third kappa shape index (κ3) is 7.65. The lowest BCUT2D eigenvalue weighted by Crippen LogP contribution is -2.30. The van der Waals surface area contributed by atoms with Crippen LogP contribution in [0.4, 0.5) is 15.9 Å². The average molecular weight is 531 g/mol. The molecule has 1 aromatic heterocycles. The number of carbonyl (C=O) groups is 3. The highest BCUT2D eigenvalue weighted by molar-refractivity contribution is 8.00. The van der Waals surface area contributed by atoms with E-state index >= 15 is 0 Å². The molecule has 0 aliphatic rings. The number of amides is 3. The van der Waals surface area contributed by atoms with Crippen LogP contribution in [0.5, 0.6) is 0 Å². The zero-order chi connectivity index (χ0) is 26.9. The van der Waals surface area contributed by atoms with Crippen LogP contribution >= 0.6 is 11.8 Å². The predicted molar refractivity (Wildman–Crippen MR) is 144 cm³/mol. The van der Waals surface area contributed by atoms with Crippen LogP contribution in [-0.4, -0.2) is 28.6 Å². The first-order valence-electron chi connectivity index (χ1n) is 11.5. The van der Waals surface area contributed by atoms with E-state index in [1.54, 1.807) is 67.6 Å². The van der Waals surface area contributed by atoms with Gasteiger partial charge in [0.05, 0.1) is 5.75 Å². The fraction of sp³-hybridized carbons (Fsp3) is 0.0714. The van der Waals surface area contributed by atoms with E-state index in [0.29, 0.717) is 28.4 Å². The Labute approximate surface area is 222 Å². The molecule has 0 fully saturated rings. The number of thioether (sulfide) groups is 1. The molecule has 10 heteroatoms. The van der Waals surface area contributed by atoms with Crippen molar-refractivity contribution < 1.29 is 23.3 Å². The second-order valence-corrected chi connectivity index (χ2v) is 9.12. The van der Waals surface area contributed by atoms with E-state index in [1.807, 2.05) is 0 Å². The molecule has 38 heavy (non-hydrogen) atoms. The monoisotopic (exact) mass is 530 g/mol. The van der Waals surface area contributed by atoms with E-state index in [0.717, 1.165) is 4.90 Å². The largest absolute Gasteiger partial charge is 0.360 e. The first-order chi connectivity index (χ1) is 18.4. The number of benzene rings is 3. The van der Waals surface area contributed by atoms with Crippen LogP contribution in [-0.2, 0) is 9.59 Å². The zero-order valence-corrected chi connectivity index (χ0v) is 21.1. The number of hydrogen-bond donors (Lipinski definition) is 3. The Morgan fingerprint density at radius 1 is 0.947 bits per heavy atom. The maximum atomic E-state index is 13.3. The summed E-state index contributed by atoms with van der Waals surface area (Å²) >= 11 is 1.32. The van der Waals surface area contributed by atoms with Gasteiger partial charge in [-0.2, -0.15) is 0 Å². The predicted octanol–water partition coefficient (Wildman–Crippen LogP) is 5.26. The topological polar surface area (TPSA) is 113 Å². The molecule has 0 unspecified atom stereocenters. The summed E-state index contributed by atoms with van der Waals surface area (Å²) in [6, 6.07) is 22.6. The van der Waals surface area contributed by atoms with Crippen molar-refractivity contribution in [1.82, 2.24) is 10.5 Å². The van der Waals surface area contributed by atoms with Crippen LogP contribution in [0.3, 0.4) is 0 Å². The van der Waals surface area contributed by atoms with Crippen LogP contribution in [0.25, 0.3) is 6.08 Å². The van der Waals surface area contributed by atoms with Crippen molar-refractivity contribution in [3.63, 3.8) is 0 Å². The van der Waals surface area contributed by atoms with E-state index in [4.69, 9.17) is 4.52 Å². The minimum absolute atomic E-state index is 0.0105. The lowest BCUT2D eigenvalue weighted by molar-refractivity contribution is -0.114. The van der Waals surface area contributed by atoms with Gasteiger partial charge in [-0.05, 0) is 67.1 Å². The second-order valence-electron chi connectivity index (χ2n) is 8.07. The average Bonchev–Trinajstić information content (AvgIpc) is 3.33. The Balaban J connectivity index is 1.40. The quantitative estimate of drug-likeness (QED) is 0.201. The number of nitrogens with zero attached hydrogens (tertiary/aromatic N) is 1. The second kappa shape index (κ2) is 12.5. The highest BCUT2D eigenvalue weighted by Crippen LogP contribution is 2.21. The summed E-state index contributed by atoms with van der Waals surface area (Å²) < 4.78 is 18.3. The molecule has 4 rings (SSSR count). The van der Waals surface area contributed by atoms with Crippen molar-refractivity contribution in [2.24, 2.45) is 0 Å². The number of aryl methyl sites for hydroxylation is 1. The minimum Gasteiger partial charge on any atom is -0.360 e. The van der Waals surface area contributed by atoms with Crippen molar-refractivity contribution in [3.05, 3.63) is 113 Å². The van der Waals surface area contributed by atoms with E-state index in [-0.39, 0.29) is 17.4 Å². The van der Waals surface area contributed by atoms with Crippen LogP contribution in [0.15, 0.2) is 100 Å². The SMILES string of the molecule is Cc1cc(NC(=O)CSc2ccc(NC(=O)/C(=C/c3ccc(F)cc3)NC(=O)c3ccccc3)cc2)no1. The summed E-state index contributed by atoms with van der Waals surface area (Å²) in [5, 5.41) is 11.8. The first kappa shape index (κ1) is 26.4. The van der Waals surface area contributed by atoms with Gasteiger partial charge in [-0.15, -0.1) is 11.8 Å². The number of halogens is 1. The number of nitrogens with one attached hydrogen (secondary N) is 3. The van der Waals surface area contributed by atoms with Gasteiger partial charge in [0.25, 0.3) is 11.8 Å². The van der Waals surface area contributed by atoms with Crippen LogP contribution in [0.1, 0.15) is 21.7 Å². The summed E-state index contributed by atoms with van der Waals surface area (Å²) in [6.07, 6.45) is 1.47. The van der Waals surface area contributed by atoms with E-state index in [9.17, 15) is 18.8 Å². The highest BCUT2D eigenvalue weighted by atomic mass is 32.2. The molecule has 192 valence electrons.